The molecule has 1 aliphatic rings. The van der Waals surface area contributed by atoms with Gasteiger partial charge < -0.3 is 9.32 Å². The summed E-state index contributed by atoms with van der Waals surface area (Å²) in [4.78, 5) is 26.2. The number of hydrogen-bond acceptors (Lipinski definition) is 5. The van der Waals surface area contributed by atoms with E-state index in [-0.39, 0.29) is 11.8 Å². The first kappa shape index (κ1) is 11.8. The SMILES string of the molecule is O=C(c1cnco1)N1CCCC(c2cnccn2)C1. The molecule has 19 heavy (non-hydrogen) atoms. The Balaban J connectivity index is 1.73. The Morgan fingerprint density at radius 2 is 2.26 bits per heavy atom. The van der Waals surface area contributed by atoms with Crippen LogP contribution in [0.2, 0.25) is 0 Å². The number of carbonyl (C=O) groups is 1. The molecule has 2 aromatic heterocycles. The van der Waals surface area contributed by atoms with Gasteiger partial charge in [0.05, 0.1) is 11.9 Å². The van der Waals surface area contributed by atoms with Gasteiger partial charge in [-0.05, 0) is 12.8 Å². The molecule has 1 fully saturated rings. The third kappa shape index (κ3) is 2.47. The first-order valence-electron chi connectivity index (χ1n) is 6.28. The van der Waals surface area contributed by atoms with E-state index in [4.69, 9.17) is 4.42 Å². The largest absolute Gasteiger partial charge is 0.438 e. The molecular formula is C13H14N4O2. The maximum atomic E-state index is 12.2. The highest BCUT2D eigenvalue weighted by atomic mass is 16.3. The summed E-state index contributed by atoms with van der Waals surface area (Å²) >= 11 is 0. The average Bonchev–Trinajstić information content (AvgIpc) is 3.02. The molecule has 1 amide bonds. The number of carbonyl (C=O) groups excluding carboxylic acids is 1. The van der Waals surface area contributed by atoms with Crippen LogP contribution in [-0.4, -0.2) is 38.8 Å². The van der Waals surface area contributed by atoms with Crippen LogP contribution >= 0.6 is 0 Å². The van der Waals surface area contributed by atoms with Gasteiger partial charge in [0.15, 0.2) is 6.39 Å². The molecule has 1 aliphatic heterocycles. The number of hydrogen-bond donors (Lipinski definition) is 0. The fourth-order valence-corrected chi connectivity index (χ4v) is 2.40. The van der Waals surface area contributed by atoms with Crippen LogP contribution < -0.4 is 0 Å². The average molecular weight is 258 g/mol. The summed E-state index contributed by atoms with van der Waals surface area (Å²) in [7, 11) is 0. The Bertz CT molecular complexity index is 541. The van der Waals surface area contributed by atoms with Gasteiger partial charge in [-0.1, -0.05) is 0 Å². The highest BCUT2D eigenvalue weighted by Crippen LogP contribution is 2.25. The lowest BCUT2D eigenvalue weighted by molar-refractivity contribution is 0.0673. The van der Waals surface area contributed by atoms with E-state index in [0.717, 1.165) is 25.1 Å². The molecule has 0 radical (unpaired) electrons. The Kier molecular flexibility index (Phi) is 3.22. The second kappa shape index (κ2) is 5.17. The minimum atomic E-state index is -0.105. The van der Waals surface area contributed by atoms with E-state index in [9.17, 15) is 4.79 Å². The number of rotatable bonds is 2. The van der Waals surface area contributed by atoms with Crippen LogP contribution in [0.3, 0.4) is 0 Å². The lowest BCUT2D eigenvalue weighted by Crippen LogP contribution is -2.39. The van der Waals surface area contributed by atoms with Crippen molar-refractivity contribution in [3.05, 3.63) is 42.6 Å². The molecule has 3 heterocycles. The van der Waals surface area contributed by atoms with Gasteiger partial charge in [-0.3, -0.25) is 14.8 Å². The van der Waals surface area contributed by atoms with Gasteiger partial charge in [0.2, 0.25) is 5.76 Å². The maximum Gasteiger partial charge on any atom is 0.291 e. The van der Waals surface area contributed by atoms with Crippen LogP contribution in [0.25, 0.3) is 0 Å². The van der Waals surface area contributed by atoms with E-state index in [1.54, 1.807) is 23.5 Å². The molecule has 0 spiro atoms. The van der Waals surface area contributed by atoms with Crippen LogP contribution in [0.4, 0.5) is 0 Å². The van der Waals surface area contributed by atoms with Gasteiger partial charge in [0, 0.05) is 37.6 Å². The molecule has 1 saturated heterocycles. The first-order chi connectivity index (χ1) is 9.34. The van der Waals surface area contributed by atoms with Crippen molar-refractivity contribution >= 4 is 5.91 Å². The number of oxazole rings is 1. The normalized spacial score (nSPS) is 19.4. The predicted octanol–water partition coefficient (Wildman–Crippen LogP) is 1.48. The van der Waals surface area contributed by atoms with Gasteiger partial charge in [0.1, 0.15) is 0 Å². The van der Waals surface area contributed by atoms with Crippen molar-refractivity contribution in [3.63, 3.8) is 0 Å². The van der Waals surface area contributed by atoms with Crippen molar-refractivity contribution in [2.24, 2.45) is 0 Å². The molecule has 1 atom stereocenters. The molecule has 0 N–H and O–H groups in total. The van der Waals surface area contributed by atoms with Gasteiger partial charge in [-0.15, -0.1) is 0 Å². The van der Waals surface area contributed by atoms with Crippen LogP contribution in [0.5, 0.6) is 0 Å². The minimum absolute atomic E-state index is 0.105. The number of likely N-dealkylation sites (tertiary alicyclic amines) is 1. The second-order valence-electron chi connectivity index (χ2n) is 4.59. The zero-order valence-electron chi connectivity index (χ0n) is 10.4. The number of nitrogens with zero attached hydrogens (tertiary/aromatic N) is 4. The molecular weight excluding hydrogens is 244 g/mol. The van der Waals surface area contributed by atoms with Gasteiger partial charge in [-0.2, -0.15) is 0 Å². The van der Waals surface area contributed by atoms with Crippen molar-refractivity contribution in [1.82, 2.24) is 19.9 Å². The smallest absolute Gasteiger partial charge is 0.291 e. The first-order valence-corrected chi connectivity index (χ1v) is 6.28. The minimum Gasteiger partial charge on any atom is -0.438 e. The standard InChI is InChI=1S/C13H14N4O2/c18-13(12-7-15-9-19-12)17-5-1-2-10(8-17)11-6-14-3-4-16-11/h3-4,6-7,9-10H,1-2,5,8H2. The molecule has 6 nitrogen and oxygen atoms in total. The number of aromatic nitrogens is 3. The van der Waals surface area contributed by atoms with Crippen LogP contribution in [-0.2, 0) is 0 Å². The molecule has 0 aromatic carbocycles. The highest BCUT2D eigenvalue weighted by molar-refractivity contribution is 5.91. The molecule has 3 rings (SSSR count). The van der Waals surface area contributed by atoms with E-state index in [1.165, 1.54) is 12.6 Å². The van der Waals surface area contributed by atoms with Gasteiger partial charge >= 0.3 is 0 Å². The third-order valence-electron chi connectivity index (χ3n) is 3.35. The second-order valence-corrected chi connectivity index (χ2v) is 4.59. The van der Waals surface area contributed by atoms with E-state index < -0.39 is 0 Å². The van der Waals surface area contributed by atoms with Crippen LogP contribution in [0.1, 0.15) is 35.0 Å². The predicted molar refractivity (Wildman–Crippen MR) is 66.4 cm³/mol. The Morgan fingerprint density at radius 3 is 3.00 bits per heavy atom. The monoisotopic (exact) mass is 258 g/mol. The third-order valence-corrected chi connectivity index (χ3v) is 3.35. The summed E-state index contributed by atoms with van der Waals surface area (Å²) in [6.45, 7) is 1.40. The van der Waals surface area contributed by atoms with E-state index >= 15 is 0 Å². The summed E-state index contributed by atoms with van der Waals surface area (Å²) in [5, 5.41) is 0. The Labute approximate surface area is 110 Å². The fraction of sp³-hybridized carbons (Fsp3) is 0.385. The molecule has 2 aromatic rings. The summed E-state index contributed by atoms with van der Waals surface area (Å²) < 4.78 is 5.06. The topological polar surface area (TPSA) is 72.1 Å². The summed E-state index contributed by atoms with van der Waals surface area (Å²) in [5.74, 6) is 0.431. The van der Waals surface area contributed by atoms with Gasteiger partial charge in [-0.25, -0.2) is 4.98 Å². The fourth-order valence-electron chi connectivity index (χ4n) is 2.40. The Morgan fingerprint density at radius 1 is 1.32 bits per heavy atom. The Hall–Kier alpha value is -2.24. The number of amides is 1. The molecule has 1 unspecified atom stereocenters. The van der Waals surface area contributed by atoms with Crippen molar-refractivity contribution in [2.45, 2.75) is 18.8 Å². The quantitative estimate of drug-likeness (QED) is 0.816. The zero-order valence-corrected chi connectivity index (χ0v) is 10.4. The molecule has 98 valence electrons. The molecule has 0 bridgehead atoms. The molecule has 6 heteroatoms. The maximum absolute atomic E-state index is 12.2. The van der Waals surface area contributed by atoms with E-state index in [2.05, 4.69) is 15.0 Å². The molecule has 0 saturated carbocycles. The van der Waals surface area contributed by atoms with E-state index in [0.29, 0.717) is 12.3 Å². The lowest BCUT2D eigenvalue weighted by atomic mass is 9.95. The van der Waals surface area contributed by atoms with Crippen LogP contribution in [0, 0.1) is 0 Å². The van der Waals surface area contributed by atoms with E-state index in [1.807, 2.05) is 0 Å². The highest BCUT2D eigenvalue weighted by Gasteiger charge is 2.27. The summed E-state index contributed by atoms with van der Waals surface area (Å²) in [6, 6.07) is 0. The van der Waals surface area contributed by atoms with Crippen LogP contribution in [0.15, 0.2) is 35.6 Å². The summed E-state index contributed by atoms with van der Waals surface area (Å²) in [6.07, 6.45) is 9.83. The molecule has 0 aliphatic carbocycles. The van der Waals surface area contributed by atoms with Crippen molar-refractivity contribution in [2.75, 3.05) is 13.1 Å². The van der Waals surface area contributed by atoms with Crippen molar-refractivity contribution < 1.29 is 9.21 Å². The lowest BCUT2D eigenvalue weighted by Gasteiger charge is -2.31. The zero-order chi connectivity index (χ0) is 13.1. The van der Waals surface area contributed by atoms with Gasteiger partial charge in [0.25, 0.3) is 5.91 Å². The van der Waals surface area contributed by atoms with Crippen molar-refractivity contribution in [1.29, 1.82) is 0 Å². The summed E-state index contributed by atoms with van der Waals surface area (Å²) in [5.41, 5.74) is 0.942. The van der Waals surface area contributed by atoms with Crippen molar-refractivity contribution in [3.8, 4) is 0 Å². The number of piperidine rings is 1.